The third-order valence-electron chi connectivity index (χ3n) is 4.52. The van der Waals surface area contributed by atoms with Crippen LogP contribution in [0.1, 0.15) is 18.2 Å². The summed E-state index contributed by atoms with van der Waals surface area (Å²) < 4.78 is 18.9. The van der Waals surface area contributed by atoms with E-state index in [2.05, 4.69) is 30.9 Å². The first-order valence-corrected chi connectivity index (χ1v) is 10.4. The smallest absolute Gasteiger partial charge is 0.407 e. The third kappa shape index (κ3) is 7.11. The van der Waals surface area contributed by atoms with Gasteiger partial charge in [0.25, 0.3) is 0 Å². The van der Waals surface area contributed by atoms with Crippen LogP contribution < -0.4 is 16.0 Å². The van der Waals surface area contributed by atoms with Crippen LogP contribution in [0.3, 0.4) is 0 Å². The number of aromatic nitrogens is 3. The topological polar surface area (TPSA) is 118 Å². The van der Waals surface area contributed by atoms with E-state index in [1.54, 1.807) is 6.92 Å². The number of halogens is 2. The first-order valence-electron chi connectivity index (χ1n) is 10.0. The molecular formula is C22H22ClFN6O3. The molecule has 9 nitrogen and oxygen atoms in total. The number of ether oxygens (including phenoxy) is 1. The average molecular weight is 473 g/mol. The second kappa shape index (κ2) is 11.7. The summed E-state index contributed by atoms with van der Waals surface area (Å²) in [5.41, 5.74) is 1.16. The number of nitrogens with one attached hydrogen (secondary N) is 3. The molecule has 0 bridgehead atoms. The summed E-state index contributed by atoms with van der Waals surface area (Å²) >= 11 is 6.13. The molecule has 3 N–H and O–H groups in total. The molecule has 2 heterocycles. The van der Waals surface area contributed by atoms with Crippen LogP contribution in [0.4, 0.5) is 20.7 Å². The highest BCUT2D eigenvalue weighted by molar-refractivity contribution is 6.33. The van der Waals surface area contributed by atoms with E-state index >= 15 is 0 Å². The maximum Gasteiger partial charge on any atom is 0.407 e. The number of alkyl carbamates (subject to hydrolysis) is 1. The number of hydrogen-bond donors (Lipinski definition) is 3. The van der Waals surface area contributed by atoms with Gasteiger partial charge in [-0.25, -0.2) is 19.2 Å². The summed E-state index contributed by atoms with van der Waals surface area (Å²) in [6, 6.07) is 12.0. The van der Waals surface area contributed by atoms with E-state index < -0.39 is 23.7 Å². The van der Waals surface area contributed by atoms with Crippen LogP contribution in [0.15, 0.2) is 55.0 Å². The normalized spacial score (nSPS) is 11.4. The highest BCUT2D eigenvalue weighted by Crippen LogP contribution is 2.27. The fraction of sp³-hybridized carbons (Fsp3) is 0.227. The van der Waals surface area contributed by atoms with E-state index in [1.165, 1.54) is 24.7 Å². The van der Waals surface area contributed by atoms with E-state index in [4.69, 9.17) is 16.3 Å². The molecule has 1 unspecified atom stereocenters. The Balaban J connectivity index is 1.53. The maximum absolute atomic E-state index is 13.8. The molecule has 0 radical (unpaired) electrons. The monoisotopic (exact) mass is 472 g/mol. The van der Waals surface area contributed by atoms with Crippen LogP contribution in [0.25, 0.3) is 0 Å². The molecular weight excluding hydrogens is 451 g/mol. The molecule has 0 spiro atoms. The van der Waals surface area contributed by atoms with Gasteiger partial charge in [-0.2, -0.15) is 0 Å². The van der Waals surface area contributed by atoms with Crippen LogP contribution in [0.2, 0.25) is 5.15 Å². The van der Waals surface area contributed by atoms with Gasteiger partial charge in [0.2, 0.25) is 5.91 Å². The molecule has 2 aromatic heterocycles. The molecule has 172 valence electrons. The predicted octanol–water partition coefficient (Wildman–Crippen LogP) is 3.78. The van der Waals surface area contributed by atoms with Crippen LogP contribution in [0.5, 0.6) is 0 Å². The molecule has 3 aromatic rings. The minimum Gasteiger partial charge on any atom is -0.445 e. The summed E-state index contributed by atoms with van der Waals surface area (Å²) in [5, 5.41) is 8.10. The largest absolute Gasteiger partial charge is 0.445 e. The number of carbonyl (C=O) groups excluding carboxylic acids is 2. The zero-order valence-electron chi connectivity index (χ0n) is 17.7. The molecule has 2 amide bonds. The Morgan fingerprint density at radius 2 is 1.91 bits per heavy atom. The number of carbonyl (C=O) groups is 2. The molecule has 0 saturated carbocycles. The van der Waals surface area contributed by atoms with Crippen molar-refractivity contribution in [2.24, 2.45) is 5.92 Å². The standard InChI is InChI=1S/C22H22ClFN6O3/c1-14(10-27-22(32)33-12-15-6-3-2-4-7-15)21(31)30-18-19(23)28-13-29-20(18)26-11-17-16(24)8-5-9-25-17/h2-9,13-14H,10-12H2,1H3,(H,27,32)(H,30,31)(H,26,28,29). The van der Waals surface area contributed by atoms with E-state index in [1.807, 2.05) is 30.3 Å². The Labute approximate surface area is 194 Å². The van der Waals surface area contributed by atoms with Gasteiger partial charge in [-0.15, -0.1) is 0 Å². The van der Waals surface area contributed by atoms with Crippen molar-refractivity contribution in [2.75, 3.05) is 17.2 Å². The molecule has 0 aliphatic heterocycles. The van der Waals surface area contributed by atoms with Crippen molar-refractivity contribution in [1.82, 2.24) is 20.3 Å². The van der Waals surface area contributed by atoms with Crippen molar-refractivity contribution >= 4 is 35.1 Å². The Morgan fingerprint density at radius 3 is 2.67 bits per heavy atom. The lowest BCUT2D eigenvalue weighted by Crippen LogP contribution is -2.34. The lowest BCUT2D eigenvalue weighted by atomic mass is 10.1. The SMILES string of the molecule is CC(CNC(=O)OCc1ccccc1)C(=O)Nc1c(Cl)ncnc1NCc1ncccc1F. The van der Waals surface area contributed by atoms with Gasteiger partial charge in [-0.3, -0.25) is 9.78 Å². The second-order valence-electron chi connectivity index (χ2n) is 7.01. The average Bonchev–Trinajstić information content (AvgIpc) is 2.83. The molecule has 33 heavy (non-hydrogen) atoms. The number of anilines is 2. The predicted molar refractivity (Wildman–Crippen MR) is 121 cm³/mol. The molecule has 1 aromatic carbocycles. The summed E-state index contributed by atoms with van der Waals surface area (Å²) in [6.07, 6.45) is 2.04. The molecule has 3 rings (SSSR count). The Hall–Kier alpha value is -3.79. The number of pyridine rings is 1. The highest BCUT2D eigenvalue weighted by Gasteiger charge is 2.19. The lowest BCUT2D eigenvalue weighted by molar-refractivity contribution is -0.119. The number of rotatable bonds is 9. The van der Waals surface area contributed by atoms with Gasteiger partial charge in [-0.1, -0.05) is 48.9 Å². The van der Waals surface area contributed by atoms with Gasteiger partial charge in [0.15, 0.2) is 11.0 Å². The Morgan fingerprint density at radius 1 is 1.12 bits per heavy atom. The first kappa shape index (κ1) is 23.9. The quantitative estimate of drug-likeness (QED) is 0.405. The third-order valence-corrected chi connectivity index (χ3v) is 4.81. The van der Waals surface area contributed by atoms with E-state index in [0.29, 0.717) is 0 Å². The van der Waals surface area contributed by atoms with Crippen molar-refractivity contribution in [2.45, 2.75) is 20.1 Å². The maximum atomic E-state index is 13.8. The van der Waals surface area contributed by atoms with Gasteiger partial charge >= 0.3 is 6.09 Å². The van der Waals surface area contributed by atoms with Gasteiger partial charge < -0.3 is 20.7 Å². The fourth-order valence-corrected chi connectivity index (χ4v) is 2.85. The first-order chi connectivity index (χ1) is 15.9. The molecule has 11 heteroatoms. The molecule has 0 aliphatic carbocycles. The number of nitrogens with zero attached hydrogens (tertiary/aromatic N) is 3. The number of amides is 2. The van der Waals surface area contributed by atoms with Gasteiger partial charge in [0.05, 0.1) is 18.2 Å². The summed E-state index contributed by atoms with van der Waals surface area (Å²) in [4.78, 5) is 36.4. The Kier molecular flexibility index (Phi) is 8.48. The molecule has 1 atom stereocenters. The van der Waals surface area contributed by atoms with E-state index in [0.717, 1.165) is 5.56 Å². The van der Waals surface area contributed by atoms with Crippen molar-refractivity contribution in [3.8, 4) is 0 Å². The van der Waals surface area contributed by atoms with Crippen LogP contribution in [-0.2, 0) is 22.7 Å². The van der Waals surface area contributed by atoms with E-state index in [-0.39, 0.29) is 42.0 Å². The van der Waals surface area contributed by atoms with Gasteiger partial charge in [0, 0.05) is 12.7 Å². The summed E-state index contributed by atoms with van der Waals surface area (Å²) in [7, 11) is 0. The molecule has 0 fully saturated rings. The van der Waals surface area contributed by atoms with Crippen molar-refractivity contribution < 1.29 is 18.7 Å². The minimum absolute atomic E-state index is 0.00442. The number of benzene rings is 1. The van der Waals surface area contributed by atoms with Gasteiger partial charge in [0.1, 0.15) is 24.4 Å². The van der Waals surface area contributed by atoms with Crippen molar-refractivity contribution in [3.05, 3.63) is 77.2 Å². The molecule has 0 aliphatic rings. The van der Waals surface area contributed by atoms with Crippen LogP contribution in [0, 0.1) is 11.7 Å². The minimum atomic E-state index is -0.640. The van der Waals surface area contributed by atoms with Crippen LogP contribution in [-0.4, -0.2) is 33.5 Å². The number of hydrogen-bond acceptors (Lipinski definition) is 7. The van der Waals surface area contributed by atoms with E-state index in [9.17, 15) is 14.0 Å². The highest BCUT2D eigenvalue weighted by atomic mass is 35.5. The molecule has 0 saturated heterocycles. The zero-order valence-corrected chi connectivity index (χ0v) is 18.5. The fourth-order valence-electron chi connectivity index (χ4n) is 2.67. The zero-order chi connectivity index (χ0) is 23.6. The van der Waals surface area contributed by atoms with Gasteiger partial charge in [-0.05, 0) is 17.7 Å². The van der Waals surface area contributed by atoms with Crippen molar-refractivity contribution in [3.63, 3.8) is 0 Å². The summed E-state index contributed by atoms with van der Waals surface area (Å²) in [6.45, 7) is 1.80. The van der Waals surface area contributed by atoms with Crippen LogP contribution >= 0.6 is 11.6 Å². The van der Waals surface area contributed by atoms with Crippen molar-refractivity contribution in [1.29, 1.82) is 0 Å². The lowest BCUT2D eigenvalue weighted by Gasteiger charge is -2.16. The second-order valence-corrected chi connectivity index (χ2v) is 7.36. The summed E-state index contributed by atoms with van der Waals surface area (Å²) in [5.74, 6) is -1.32. The Bertz CT molecular complexity index is 1100.